The fraction of sp³-hybridized carbons (Fsp3) is 0.423. The van der Waals surface area contributed by atoms with E-state index in [1.54, 1.807) is 22.4 Å². The quantitative estimate of drug-likeness (QED) is 0.335. The number of benzene rings is 2. The van der Waals surface area contributed by atoms with Gasteiger partial charge >= 0.3 is 5.69 Å². The number of thioether (sulfide) groups is 1. The number of nitrogens with zero attached hydrogens (tertiary/aromatic N) is 4. The maximum atomic E-state index is 14.7. The molecule has 2 saturated heterocycles. The number of hydrogen-bond acceptors (Lipinski definition) is 9. The van der Waals surface area contributed by atoms with Gasteiger partial charge in [-0.3, -0.25) is 4.57 Å². The topological polar surface area (TPSA) is 109 Å². The highest BCUT2D eigenvalue weighted by atomic mass is 35.5. The summed E-state index contributed by atoms with van der Waals surface area (Å²) in [6.07, 6.45) is 2.80. The predicted molar refractivity (Wildman–Crippen MR) is 152 cm³/mol. The average molecular weight is 573 g/mol. The minimum Gasteiger partial charge on any atom is -0.396 e. The third kappa shape index (κ3) is 3.90. The Balaban J connectivity index is 1.51. The number of aliphatic hydroxyl groups excluding tert-OH is 1. The molecule has 198 valence electrons. The molecule has 0 saturated carbocycles. The van der Waals surface area contributed by atoms with Crippen LogP contribution < -0.4 is 21.6 Å². The van der Waals surface area contributed by atoms with E-state index >= 15 is 0 Å². The SMILES string of the molecule is Nc1nc2c(-c3c(Cl)cc4c(N5CC6CCC(C5)N6)nc(=O)n5c4c3SC[C@@H](CCO)C5)ccc(F)c2s1. The molecule has 2 aromatic carbocycles. The van der Waals surface area contributed by atoms with Gasteiger partial charge in [-0.25, -0.2) is 14.2 Å². The Labute approximate surface area is 231 Å². The van der Waals surface area contributed by atoms with E-state index < -0.39 is 0 Å². The van der Waals surface area contributed by atoms with Crippen molar-refractivity contribution in [2.45, 2.75) is 42.8 Å². The molecule has 0 aliphatic carbocycles. The highest BCUT2D eigenvalue weighted by Crippen LogP contribution is 2.48. The molecule has 12 heteroatoms. The molecule has 4 aromatic rings. The Kier molecular flexibility index (Phi) is 6.04. The van der Waals surface area contributed by atoms with Crippen molar-refractivity contribution in [1.29, 1.82) is 0 Å². The van der Waals surface area contributed by atoms with Gasteiger partial charge in [0.25, 0.3) is 0 Å². The molecule has 2 bridgehead atoms. The summed E-state index contributed by atoms with van der Waals surface area (Å²) in [4.78, 5) is 25.7. The summed E-state index contributed by atoms with van der Waals surface area (Å²) in [6, 6.07) is 5.76. The molecule has 3 aliphatic rings. The number of aliphatic hydroxyl groups is 1. The number of halogens is 2. The largest absolute Gasteiger partial charge is 0.396 e. The van der Waals surface area contributed by atoms with Crippen molar-refractivity contribution in [2.24, 2.45) is 5.92 Å². The zero-order chi connectivity index (χ0) is 26.1. The number of nitrogen functional groups attached to an aromatic ring is 1. The maximum Gasteiger partial charge on any atom is 0.350 e. The van der Waals surface area contributed by atoms with E-state index in [0.717, 1.165) is 58.6 Å². The molecule has 38 heavy (non-hydrogen) atoms. The lowest BCUT2D eigenvalue weighted by atomic mass is 10.0. The first-order valence-corrected chi connectivity index (χ1v) is 15.0. The zero-order valence-electron chi connectivity index (χ0n) is 20.4. The molecule has 0 amide bonds. The zero-order valence-corrected chi connectivity index (χ0v) is 22.8. The van der Waals surface area contributed by atoms with E-state index in [9.17, 15) is 14.3 Å². The van der Waals surface area contributed by atoms with Gasteiger partial charge < -0.3 is 21.1 Å². The summed E-state index contributed by atoms with van der Waals surface area (Å²) in [5.74, 6) is 1.06. The fourth-order valence-electron chi connectivity index (χ4n) is 6.20. The van der Waals surface area contributed by atoms with Crippen LogP contribution in [-0.4, -0.2) is 57.2 Å². The Hall–Kier alpha value is -2.44. The van der Waals surface area contributed by atoms with Crippen LogP contribution in [0.3, 0.4) is 0 Å². The number of rotatable bonds is 4. The lowest BCUT2D eigenvalue weighted by Crippen LogP contribution is -2.52. The fourth-order valence-corrected chi connectivity index (χ4v) is 8.72. The molecule has 0 spiro atoms. The van der Waals surface area contributed by atoms with Crippen LogP contribution in [0.1, 0.15) is 19.3 Å². The molecular formula is C26H26ClFN6O2S2. The standard InChI is InChI=1S/C26H26ClFN6O2S2/c27-17-7-16-21-23(19(17)15-3-4-18(28)22-20(15)31-25(29)38-22)37-11-12(5-6-35)8-34(21)26(36)32-24(16)33-9-13-1-2-14(10-33)30-13/h3-4,7,12-14,30,35H,1-2,5-6,8-11H2,(H2,29,31)/t12-,13?,14?/m0/s1. The third-order valence-corrected chi connectivity index (χ3v) is 10.4. The minimum absolute atomic E-state index is 0.0405. The summed E-state index contributed by atoms with van der Waals surface area (Å²) >= 11 is 9.79. The van der Waals surface area contributed by atoms with Gasteiger partial charge in [-0.15, -0.1) is 11.8 Å². The molecule has 5 heterocycles. The van der Waals surface area contributed by atoms with E-state index in [4.69, 9.17) is 17.3 Å². The number of thiazole rings is 1. The number of hydrogen-bond donors (Lipinski definition) is 3. The monoisotopic (exact) mass is 572 g/mol. The summed E-state index contributed by atoms with van der Waals surface area (Å²) in [6.45, 7) is 2.07. The van der Waals surface area contributed by atoms with Crippen LogP contribution >= 0.6 is 34.7 Å². The van der Waals surface area contributed by atoms with Crippen molar-refractivity contribution in [1.82, 2.24) is 19.9 Å². The third-order valence-electron chi connectivity index (χ3n) is 7.89. The molecule has 0 radical (unpaired) electrons. The Morgan fingerprint density at radius 3 is 2.76 bits per heavy atom. The molecule has 8 nitrogen and oxygen atoms in total. The second-order valence-corrected chi connectivity index (χ2v) is 12.8. The van der Waals surface area contributed by atoms with Crippen molar-refractivity contribution in [3.05, 3.63) is 39.5 Å². The first-order valence-electron chi connectivity index (χ1n) is 12.8. The van der Waals surface area contributed by atoms with Crippen LogP contribution in [0.15, 0.2) is 27.9 Å². The van der Waals surface area contributed by atoms with Crippen molar-refractivity contribution in [2.75, 3.05) is 36.1 Å². The van der Waals surface area contributed by atoms with E-state index in [2.05, 4.69) is 20.2 Å². The Morgan fingerprint density at radius 1 is 1.21 bits per heavy atom. The molecule has 3 aliphatic heterocycles. The second-order valence-electron chi connectivity index (χ2n) is 10.3. The van der Waals surface area contributed by atoms with Gasteiger partial charge in [0, 0.05) is 65.5 Å². The Morgan fingerprint density at radius 2 is 2.00 bits per heavy atom. The van der Waals surface area contributed by atoms with Crippen molar-refractivity contribution >= 4 is 66.8 Å². The maximum absolute atomic E-state index is 14.7. The first-order chi connectivity index (χ1) is 18.4. The van der Waals surface area contributed by atoms with Crippen molar-refractivity contribution < 1.29 is 9.50 Å². The summed E-state index contributed by atoms with van der Waals surface area (Å²) < 4.78 is 16.8. The molecule has 4 N–H and O–H groups in total. The number of piperazine rings is 1. The second kappa shape index (κ2) is 9.34. The predicted octanol–water partition coefficient (Wildman–Crippen LogP) is 4.09. The first kappa shape index (κ1) is 24.6. The lowest BCUT2D eigenvalue weighted by Gasteiger charge is -2.34. The number of nitrogens with one attached hydrogen (secondary N) is 1. The van der Waals surface area contributed by atoms with Crippen LogP contribution in [0, 0.1) is 11.7 Å². The van der Waals surface area contributed by atoms with Crippen molar-refractivity contribution in [3.63, 3.8) is 0 Å². The van der Waals surface area contributed by atoms with Crippen LogP contribution in [-0.2, 0) is 6.54 Å². The molecular weight excluding hydrogens is 547 g/mol. The van der Waals surface area contributed by atoms with Gasteiger partial charge in [0.05, 0.1) is 20.8 Å². The summed E-state index contributed by atoms with van der Waals surface area (Å²) in [7, 11) is 0. The van der Waals surface area contributed by atoms with E-state index in [1.165, 1.54) is 6.07 Å². The van der Waals surface area contributed by atoms with Crippen LogP contribution in [0.5, 0.6) is 0 Å². The molecule has 2 aromatic heterocycles. The number of nitrogens with two attached hydrogens (primary N) is 1. The molecule has 7 rings (SSSR count). The van der Waals surface area contributed by atoms with Crippen LogP contribution in [0.25, 0.3) is 32.2 Å². The minimum atomic E-state index is -0.381. The van der Waals surface area contributed by atoms with Gasteiger partial charge in [-0.2, -0.15) is 4.98 Å². The molecule has 2 fully saturated rings. The van der Waals surface area contributed by atoms with Gasteiger partial charge in [-0.1, -0.05) is 22.9 Å². The molecule has 2 unspecified atom stereocenters. The number of fused-ring (bicyclic) bond motifs is 3. The Bertz CT molecular complexity index is 1650. The average Bonchev–Trinajstić information content (AvgIpc) is 3.39. The number of aromatic nitrogens is 3. The molecule has 3 atom stereocenters. The van der Waals surface area contributed by atoms with Gasteiger partial charge in [-0.05, 0) is 43.4 Å². The smallest absolute Gasteiger partial charge is 0.350 e. The van der Waals surface area contributed by atoms with E-state index in [1.807, 2.05) is 6.07 Å². The van der Waals surface area contributed by atoms with Crippen LogP contribution in [0.2, 0.25) is 5.02 Å². The number of anilines is 2. The van der Waals surface area contributed by atoms with Crippen LogP contribution in [0.4, 0.5) is 15.3 Å². The van der Waals surface area contributed by atoms with E-state index in [-0.39, 0.29) is 29.2 Å². The van der Waals surface area contributed by atoms with E-state index in [0.29, 0.717) is 57.4 Å². The highest BCUT2D eigenvalue weighted by molar-refractivity contribution is 7.99. The van der Waals surface area contributed by atoms with Crippen molar-refractivity contribution in [3.8, 4) is 11.1 Å². The normalized spacial score (nSPS) is 22.9. The lowest BCUT2D eigenvalue weighted by molar-refractivity contribution is 0.255. The van der Waals surface area contributed by atoms with Gasteiger partial charge in [0.2, 0.25) is 0 Å². The van der Waals surface area contributed by atoms with Gasteiger partial charge in [0.1, 0.15) is 11.6 Å². The summed E-state index contributed by atoms with van der Waals surface area (Å²) in [5.41, 5.74) is 8.33. The summed E-state index contributed by atoms with van der Waals surface area (Å²) in [5, 5.41) is 14.9. The highest BCUT2D eigenvalue weighted by Gasteiger charge is 2.35. The van der Waals surface area contributed by atoms with Gasteiger partial charge in [0.15, 0.2) is 5.13 Å².